The molecule has 0 aliphatic carbocycles. The van der Waals surface area contributed by atoms with E-state index in [4.69, 9.17) is 14.3 Å². The molecule has 368 valence electrons. The van der Waals surface area contributed by atoms with Crippen LogP contribution in [0.4, 0.5) is 13.2 Å². The van der Waals surface area contributed by atoms with E-state index in [1.807, 2.05) is 124 Å². The molecule has 7 heterocycles. The van der Waals surface area contributed by atoms with Crippen molar-refractivity contribution in [3.8, 4) is 22.9 Å². The Morgan fingerprint density at radius 3 is 1.66 bits per heavy atom. The van der Waals surface area contributed by atoms with Crippen molar-refractivity contribution in [1.29, 1.82) is 0 Å². The van der Waals surface area contributed by atoms with Crippen molar-refractivity contribution >= 4 is 62.1 Å². The summed E-state index contributed by atoms with van der Waals surface area (Å²) in [5.74, 6) is 0.652. The van der Waals surface area contributed by atoms with Crippen LogP contribution in [-0.4, -0.2) is 69.6 Å². The van der Waals surface area contributed by atoms with E-state index in [0.29, 0.717) is 16.9 Å². The number of rotatable bonds is 8. The maximum absolute atomic E-state index is 13.1. The molecule has 0 unspecified atom stereocenters. The van der Waals surface area contributed by atoms with E-state index in [1.54, 1.807) is 6.20 Å². The van der Waals surface area contributed by atoms with Crippen molar-refractivity contribution in [1.82, 2.24) is 50.1 Å². The summed E-state index contributed by atoms with van der Waals surface area (Å²) in [5, 5.41) is 16.3. The van der Waals surface area contributed by atoms with Crippen LogP contribution in [0.25, 0.3) is 44.7 Å². The van der Waals surface area contributed by atoms with Crippen molar-refractivity contribution in [3.63, 3.8) is 0 Å². The monoisotopic (exact) mass is 1030 g/mol. The number of fused-ring (bicyclic) bond motifs is 2. The van der Waals surface area contributed by atoms with Gasteiger partial charge in [-0.15, -0.1) is 0 Å². The number of carbonyl (C=O) groups is 2. The van der Waals surface area contributed by atoms with E-state index in [2.05, 4.69) is 91.5 Å². The first-order valence-electron chi connectivity index (χ1n) is 22.7. The molecule has 2 N–H and O–H groups in total. The first-order valence-corrected chi connectivity index (χ1v) is 23.5. The number of alkyl halides is 3. The molecule has 1 saturated heterocycles. The van der Waals surface area contributed by atoms with Gasteiger partial charge in [0.1, 0.15) is 10.3 Å². The van der Waals surface area contributed by atoms with Crippen molar-refractivity contribution in [2.24, 2.45) is 0 Å². The van der Waals surface area contributed by atoms with Crippen LogP contribution in [0.2, 0.25) is 0 Å². The minimum Gasteiger partial charge on any atom is -0.399 e. The zero-order chi connectivity index (χ0) is 51.7. The zero-order valence-corrected chi connectivity index (χ0v) is 42.9. The Hall–Kier alpha value is -6.83. The van der Waals surface area contributed by atoms with Gasteiger partial charge in [0.2, 0.25) is 11.8 Å². The normalized spacial score (nSPS) is 14.3. The predicted molar refractivity (Wildman–Crippen MR) is 272 cm³/mol. The van der Waals surface area contributed by atoms with Crippen LogP contribution in [0.15, 0.2) is 126 Å². The number of aromatic nitrogens is 8. The topological polar surface area (TPSA) is 164 Å². The summed E-state index contributed by atoms with van der Waals surface area (Å²) in [7, 11) is -0.386. The molecular formula is C52H55BBrF3N10O4. The van der Waals surface area contributed by atoms with Gasteiger partial charge in [-0.3, -0.25) is 14.6 Å². The fourth-order valence-electron chi connectivity index (χ4n) is 7.76. The van der Waals surface area contributed by atoms with Crippen LogP contribution in [0, 0.1) is 6.92 Å². The average Bonchev–Trinajstić information content (AvgIpc) is 3.98. The molecule has 1 fully saturated rings. The molecule has 1 aliphatic rings. The van der Waals surface area contributed by atoms with Crippen LogP contribution < -0.4 is 16.1 Å². The number of amides is 2. The number of nitrogens with one attached hydrogen (secondary N) is 2. The summed E-state index contributed by atoms with van der Waals surface area (Å²) in [5.41, 5.74) is 3.67. The predicted octanol–water partition coefficient (Wildman–Crippen LogP) is 10.1. The van der Waals surface area contributed by atoms with Crippen LogP contribution in [0.3, 0.4) is 0 Å². The van der Waals surface area contributed by atoms with E-state index in [0.717, 1.165) is 55.2 Å². The van der Waals surface area contributed by atoms with Gasteiger partial charge in [-0.05, 0) is 144 Å². The summed E-state index contributed by atoms with van der Waals surface area (Å²) >= 11 is 3.30. The maximum atomic E-state index is 13.1. The first-order chi connectivity index (χ1) is 33.2. The lowest BCUT2D eigenvalue weighted by molar-refractivity contribution is -0.141. The summed E-state index contributed by atoms with van der Waals surface area (Å²) in [6.07, 6.45) is -1.12. The number of aryl methyl sites for hydroxylation is 1. The maximum Gasteiger partial charge on any atom is 0.494 e. The second-order valence-electron chi connectivity index (χ2n) is 19.2. The number of nitrogens with zero attached hydrogens (tertiary/aromatic N) is 8. The summed E-state index contributed by atoms with van der Waals surface area (Å²) < 4.78 is 55.6. The number of hydrogen-bond acceptors (Lipinski definition) is 10. The second kappa shape index (κ2) is 20.1. The Bertz CT molecular complexity index is 3230. The molecule has 9 rings (SSSR count). The third-order valence-corrected chi connectivity index (χ3v) is 12.5. The quantitative estimate of drug-likeness (QED) is 0.111. The van der Waals surface area contributed by atoms with Gasteiger partial charge < -0.3 is 19.9 Å². The number of pyridine rings is 4. The molecule has 71 heavy (non-hydrogen) atoms. The Morgan fingerprint density at radius 1 is 0.620 bits per heavy atom. The molecule has 0 saturated carbocycles. The smallest absolute Gasteiger partial charge is 0.399 e. The van der Waals surface area contributed by atoms with Crippen molar-refractivity contribution in [3.05, 3.63) is 149 Å². The minimum absolute atomic E-state index is 0.0585. The first kappa shape index (κ1) is 52.0. The summed E-state index contributed by atoms with van der Waals surface area (Å²) in [4.78, 5) is 39.8. The average molecular weight is 1030 g/mol. The minimum atomic E-state index is -4.55. The van der Waals surface area contributed by atoms with Gasteiger partial charge >= 0.3 is 13.3 Å². The van der Waals surface area contributed by atoms with Crippen molar-refractivity contribution in [2.45, 2.75) is 105 Å². The van der Waals surface area contributed by atoms with Gasteiger partial charge in [0.15, 0.2) is 11.6 Å². The number of halogens is 4. The molecule has 0 radical (unpaired) electrons. The van der Waals surface area contributed by atoms with Gasteiger partial charge in [0, 0.05) is 35.9 Å². The Balaban J connectivity index is 0.000000169. The Labute approximate surface area is 419 Å². The number of hydrogen-bond donors (Lipinski definition) is 2. The Morgan fingerprint density at radius 2 is 1.11 bits per heavy atom. The molecule has 8 aromatic rings. The van der Waals surface area contributed by atoms with Crippen molar-refractivity contribution < 1.29 is 32.1 Å². The van der Waals surface area contributed by atoms with E-state index in [-0.39, 0.29) is 36.0 Å². The summed E-state index contributed by atoms with van der Waals surface area (Å²) in [6.45, 7) is 20.7. The molecule has 2 aromatic carbocycles. The molecule has 19 heteroatoms. The molecular weight excluding hydrogens is 976 g/mol. The molecule has 0 spiro atoms. The molecule has 0 bridgehead atoms. The lowest BCUT2D eigenvalue weighted by atomic mass is 9.79. The Kier molecular flexibility index (Phi) is 14.7. The van der Waals surface area contributed by atoms with Gasteiger partial charge in [0.05, 0.1) is 62.8 Å². The van der Waals surface area contributed by atoms with Gasteiger partial charge in [-0.2, -0.15) is 23.4 Å². The molecule has 14 nitrogen and oxygen atoms in total. The number of benzene rings is 2. The van der Waals surface area contributed by atoms with Crippen LogP contribution in [-0.2, 0) is 36.2 Å². The van der Waals surface area contributed by atoms with Crippen LogP contribution >= 0.6 is 15.9 Å². The molecule has 2 amide bonds. The third-order valence-electron chi connectivity index (χ3n) is 12.0. The highest BCUT2D eigenvalue weighted by molar-refractivity contribution is 9.10. The van der Waals surface area contributed by atoms with Crippen LogP contribution in [0.1, 0.15) is 92.0 Å². The van der Waals surface area contributed by atoms with E-state index < -0.39 is 22.9 Å². The van der Waals surface area contributed by atoms with E-state index in [9.17, 15) is 22.8 Å². The largest absolute Gasteiger partial charge is 0.494 e. The fraction of sp³-hybridized carbons (Fsp3) is 0.308. The highest BCUT2D eigenvalue weighted by atomic mass is 79.9. The lowest BCUT2D eigenvalue weighted by Gasteiger charge is -2.32. The standard InChI is InChI=1S/C23H20F3N5O.C19H22BN3O2.C10H13BrN2O/c1-14(32)30-22(2,3)19-7-4-6-17(28-19)15-10-11-16-13-27-31(18(16)12-15)21-9-5-8-20(29-21)23(24,25)26;1-13-7-6-8-17(22-13)23-16-11-15(10-9-14(16)12-21-23)20-24-18(2,3)19(4,5)25-20;1-7(14)13-10(2,3)8-5-4-6-9(11)12-8/h4-13H,1-3H3,(H,30,32);6-12H,1-5H3;4-6H,1-3H3,(H,13,14). The second-order valence-corrected chi connectivity index (χ2v) is 20.0. The molecule has 0 atom stereocenters. The highest BCUT2D eigenvalue weighted by Gasteiger charge is 2.51. The van der Waals surface area contributed by atoms with Gasteiger partial charge in [-0.1, -0.05) is 48.5 Å². The lowest BCUT2D eigenvalue weighted by Crippen LogP contribution is -2.41. The van der Waals surface area contributed by atoms with Crippen molar-refractivity contribution in [2.75, 3.05) is 0 Å². The van der Waals surface area contributed by atoms with E-state index in [1.165, 1.54) is 30.7 Å². The number of carbonyl (C=O) groups excluding carboxylic acids is 2. The third kappa shape index (κ3) is 12.0. The van der Waals surface area contributed by atoms with Gasteiger partial charge in [0.25, 0.3) is 0 Å². The van der Waals surface area contributed by atoms with E-state index >= 15 is 0 Å². The van der Waals surface area contributed by atoms with Crippen LogP contribution in [0.5, 0.6) is 0 Å². The highest BCUT2D eigenvalue weighted by Crippen LogP contribution is 2.37. The zero-order valence-electron chi connectivity index (χ0n) is 41.3. The molecule has 6 aromatic heterocycles. The van der Waals surface area contributed by atoms with Gasteiger partial charge in [-0.25, -0.2) is 24.3 Å². The fourth-order valence-corrected chi connectivity index (χ4v) is 8.10. The SMILES string of the molecule is CC(=O)NC(C)(C)c1cccc(-c2ccc3cnn(-c4cccc(C(F)(F)F)n4)c3c2)n1.CC(=O)NC(C)(C)c1cccc(Br)n1.Cc1cccc(-n2ncc3ccc(B4OC(C)(C)C(C)(C)O4)cc32)n1. The molecule has 1 aliphatic heterocycles. The summed E-state index contributed by atoms with van der Waals surface area (Å²) in [6, 6.07) is 32.4.